The highest BCUT2D eigenvalue weighted by molar-refractivity contribution is 5.61. The van der Waals surface area contributed by atoms with Gasteiger partial charge in [0.05, 0.1) is 26.9 Å². The van der Waals surface area contributed by atoms with E-state index in [-0.39, 0.29) is 29.4 Å². The monoisotopic (exact) mass is 453 g/mol. The molecule has 1 fully saturated rings. The molecule has 3 atom stereocenters. The van der Waals surface area contributed by atoms with Gasteiger partial charge in [0, 0.05) is 25.3 Å². The third kappa shape index (κ3) is 4.49. The normalized spacial score (nSPS) is 25.0. The summed E-state index contributed by atoms with van der Waals surface area (Å²) in [6.45, 7) is 2.03. The van der Waals surface area contributed by atoms with Gasteiger partial charge < -0.3 is 18.9 Å². The Balaban J connectivity index is 1.73. The molecule has 1 unspecified atom stereocenters. The highest BCUT2D eigenvalue weighted by atomic mass is 16.6. The van der Waals surface area contributed by atoms with E-state index in [4.69, 9.17) is 18.9 Å². The van der Waals surface area contributed by atoms with Crippen molar-refractivity contribution in [1.82, 2.24) is 5.01 Å². The number of hydrogen-bond donors (Lipinski definition) is 0. The summed E-state index contributed by atoms with van der Waals surface area (Å²) in [5.41, 5.74) is 1.93. The smallest absolute Gasteiger partial charge is 0.497 e. The number of nitrogens with zero attached hydrogens (tertiary/aromatic N) is 2. The van der Waals surface area contributed by atoms with Crippen molar-refractivity contribution in [1.29, 1.82) is 0 Å². The first kappa shape index (κ1) is 23.3. The fourth-order valence-electron chi connectivity index (χ4n) is 5.07. The van der Waals surface area contributed by atoms with Crippen LogP contribution in [0.15, 0.2) is 66.4 Å². The summed E-state index contributed by atoms with van der Waals surface area (Å²) in [5, 5.41) is 2.24. The Morgan fingerprint density at radius 1 is 1.03 bits per heavy atom. The quantitative estimate of drug-likeness (QED) is 0.550. The molecule has 7 heteroatoms. The molecular weight excluding hydrogens is 420 g/mol. The molecule has 0 spiro atoms. The zero-order valence-corrected chi connectivity index (χ0v) is 19.6. The number of methoxy groups -OCH3 is 3. The minimum atomic E-state index is -0.346. The highest BCUT2D eigenvalue weighted by Gasteiger charge is 2.60. The van der Waals surface area contributed by atoms with Gasteiger partial charge >= 0.3 is 6.09 Å². The topological polar surface area (TPSA) is 57.2 Å². The van der Waals surface area contributed by atoms with Gasteiger partial charge in [-0.1, -0.05) is 30.3 Å². The predicted molar refractivity (Wildman–Crippen MR) is 124 cm³/mol. The summed E-state index contributed by atoms with van der Waals surface area (Å²) in [6.07, 6.45) is 3.70. The number of ether oxygens (including phenoxy) is 4. The van der Waals surface area contributed by atoms with Crippen LogP contribution in [0.4, 0.5) is 4.79 Å². The van der Waals surface area contributed by atoms with Crippen molar-refractivity contribution in [2.75, 3.05) is 41.0 Å². The van der Waals surface area contributed by atoms with Crippen molar-refractivity contribution >= 4 is 6.09 Å². The molecule has 0 saturated carbocycles. The molecule has 2 aliphatic heterocycles. The summed E-state index contributed by atoms with van der Waals surface area (Å²) >= 11 is 0. The van der Waals surface area contributed by atoms with Gasteiger partial charge in [-0.2, -0.15) is 4.79 Å². The van der Waals surface area contributed by atoms with Gasteiger partial charge in [-0.3, -0.25) is 0 Å². The maximum Gasteiger partial charge on any atom is 0.537 e. The van der Waals surface area contributed by atoms with Gasteiger partial charge in [0.2, 0.25) is 6.04 Å². The van der Waals surface area contributed by atoms with Gasteiger partial charge in [0.25, 0.3) is 0 Å². The summed E-state index contributed by atoms with van der Waals surface area (Å²) in [5.74, 6) is 1.53. The van der Waals surface area contributed by atoms with Crippen LogP contribution in [0.25, 0.3) is 0 Å². The van der Waals surface area contributed by atoms with E-state index in [1.54, 1.807) is 21.3 Å². The molecule has 0 aliphatic carbocycles. The number of rotatable bonds is 8. The molecule has 2 heterocycles. The lowest BCUT2D eigenvalue weighted by Crippen LogP contribution is -2.65. The Labute approximate surface area is 195 Å². The first-order chi connectivity index (χ1) is 16.1. The van der Waals surface area contributed by atoms with Crippen molar-refractivity contribution in [3.05, 3.63) is 77.6 Å². The molecule has 176 valence electrons. The van der Waals surface area contributed by atoms with Crippen molar-refractivity contribution in [3.63, 3.8) is 0 Å². The van der Waals surface area contributed by atoms with Crippen LogP contribution in [-0.2, 0) is 20.8 Å². The van der Waals surface area contributed by atoms with Gasteiger partial charge in [-0.25, -0.2) is 0 Å². The Hall–Kier alpha value is -2.87. The molecular formula is C26H33N2O5+. The highest BCUT2D eigenvalue weighted by Crippen LogP contribution is 2.46. The number of carbonyl (C=O) groups excluding carboxylic acids is 1. The molecule has 7 nitrogen and oxygen atoms in total. The molecule has 0 bridgehead atoms. The minimum absolute atomic E-state index is 0.0103. The third-order valence-electron chi connectivity index (χ3n) is 6.62. The van der Waals surface area contributed by atoms with Crippen LogP contribution in [0.5, 0.6) is 5.75 Å². The molecule has 2 aromatic rings. The first-order valence-electron chi connectivity index (χ1n) is 11.4. The molecule has 0 N–H and O–H groups in total. The van der Waals surface area contributed by atoms with Crippen LogP contribution in [0.2, 0.25) is 0 Å². The molecule has 0 radical (unpaired) electrons. The van der Waals surface area contributed by atoms with Crippen LogP contribution in [-0.4, -0.2) is 62.8 Å². The number of amides is 1. The van der Waals surface area contributed by atoms with Gasteiger partial charge in [0.15, 0.2) is 5.76 Å². The summed E-state index contributed by atoms with van der Waals surface area (Å²) in [6, 6.07) is 17.4. The van der Waals surface area contributed by atoms with E-state index in [0.717, 1.165) is 42.0 Å². The van der Waals surface area contributed by atoms with Crippen LogP contribution >= 0.6 is 0 Å². The molecule has 1 saturated heterocycles. The summed E-state index contributed by atoms with van der Waals surface area (Å²) in [4.78, 5) is 14.0. The molecule has 4 rings (SSSR count). The van der Waals surface area contributed by atoms with Crippen LogP contribution in [0.1, 0.15) is 30.0 Å². The maximum atomic E-state index is 14.0. The van der Waals surface area contributed by atoms with E-state index in [9.17, 15) is 4.79 Å². The fourth-order valence-corrected chi connectivity index (χ4v) is 5.07. The minimum Gasteiger partial charge on any atom is -0.497 e. The average molecular weight is 454 g/mol. The lowest BCUT2D eigenvalue weighted by atomic mass is 10.0. The van der Waals surface area contributed by atoms with E-state index in [2.05, 4.69) is 5.01 Å². The molecule has 0 aromatic heterocycles. The fraction of sp³-hybridized carbons (Fsp3) is 0.423. The van der Waals surface area contributed by atoms with Gasteiger partial charge in [-0.15, -0.1) is 9.60 Å². The van der Waals surface area contributed by atoms with E-state index >= 15 is 0 Å². The Morgan fingerprint density at radius 3 is 2.45 bits per heavy atom. The lowest BCUT2D eigenvalue weighted by Gasteiger charge is -2.44. The molecule has 1 amide bonds. The Bertz CT molecular complexity index is 962. The van der Waals surface area contributed by atoms with Crippen molar-refractivity contribution in [3.8, 4) is 5.75 Å². The van der Waals surface area contributed by atoms with Crippen molar-refractivity contribution in [2.24, 2.45) is 0 Å². The molecule has 33 heavy (non-hydrogen) atoms. The zero-order chi connectivity index (χ0) is 23.3. The summed E-state index contributed by atoms with van der Waals surface area (Å²) in [7, 11) is 5.01. The van der Waals surface area contributed by atoms with Crippen LogP contribution in [0, 0.1) is 0 Å². The third-order valence-corrected chi connectivity index (χ3v) is 6.62. The van der Waals surface area contributed by atoms with E-state index in [1.807, 2.05) is 60.7 Å². The largest absolute Gasteiger partial charge is 0.537 e. The number of benzene rings is 2. The Kier molecular flexibility index (Phi) is 7.33. The lowest BCUT2D eigenvalue weighted by molar-refractivity contribution is -0.987. The number of quaternary nitrogens is 1. The van der Waals surface area contributed by atoms with Crippen molar-refractivity contribution in [2.45, 2.75) is 31.5 Å². The summed E-state index contributed by atoms with van der Waals surface area (Å²) < 4.78 is 22.7. The van der Waals surface area contributed by atoms with Gasteiger partial charge in [0.1, 0.15) is 18.9 Å². The van der Waals surface area contributed by atoms with E-state index in [1.165, 1.54) is 0 Å². The number of carbonyl (C=O) groups is 1. The molecule has 2 aromatic carbocycles. The van der Waals surface area contributed by atoms with Crippen LogP contribution < -0.4 is 4.74 Å². The average Bonchev–Trinajstić information content (AvgIpc) is 3.48. The SMILES string of the molecule is COC[C@@H]1CCCN1[N+]1(C(=O)OCc2ccccc2)CC=C(OC)[C@@H]1c1ccc(OC)cc1. The predicted octanol–water partition coefficient (Wildman–Crippen LogP) is 4.46. The van der Waals surface area contributed by atoms with Gasteiger partial charge in [-0.05, 0) is 42.7 Å². The standard InChI is InChI=1S/C26H33N2O5/c1-30-19-22-10-7-16-27(22)28(26(29)33-18-20-8-5-4-6-9-20)17-15-24(32-3)25(28)21-11-13-23(31-2)14-12-21/h4-6,8-9,11-15,22,25H,7,10,16-19H2,1-3H3/q+1/t22-,25-,28?/m0/s1. The second kappa shape index (κ2) is 10.4. The Morgan fingerprint density at radius 2 is 1.79 bits per heavy atom. The van der Waals surface area contributed by atoms with Crippen molar-refractivity contribution < 1.29 is 28.3 Å². The van der Waals surface area contributed by atoms with E-state index < -0.39 is 0 Å². The maximum absolute atomic E-state index is 14.0. The second-order valence-corrected chi connectivity index (χ2v) is 8.45. The van der Waals surface area contributed by atoms with E-state index in [0.29, 0.717) is 13.2 Å². The molecule has 2 aliphatic rings. The van der Waals surface area contributed by atoms with Crippen LogP contribution in [0.3, 0.4) is 0 Å². The number of hydrogen-bond acceptors (Lipinski definition) is 6. The second-order valence-electron chi connectivity index (χ2n) is 8.45. The first-order valence-corrected chi connectivity index (χ1v) is 11.4. The zero-order valence-electron chi connectivity index (χ0n) is 19.6.